The Morgan fingerprint density at radius 1 is 1.50 bits per heavy atom. The molecule has 0 bridgehead atoms. The van der Waals surface area contributed by atoms with Crippen LogP contribution >= 0.6 is 0 Å². The van der Waals surface area contributed by atoms with E-state index >= 15 is 0 Å². The molecule has 1 saturated carbocycles. The Labute approximate surface area is 73.1 Å². The molecule has 0 aromatic carbocycles. The minimum atomic E-state index is 0.727. The first-order valence-electron chi connectivity index (χ1n) is 4.48. The number of hydrogen-bond donors (Lipinski definition) is 0. The first-order valence-corrected chi connectivity index (χ1v) is 4.48. The third-order valence-electron chi connectivity index (χ3n) is 2.56. The van der Waals surface area contributed by atoms with Crippen LogP contribution < -0.4 is 0 Å². The van der Waals surface area contributed by atoms with Crippen molar-refractivity contribution in [2.75, 3.05) is 0 Å². The average molecular weight is 159 g/mol. The van der Waals surface area contributed by atoms with Crippen molar-refractivity contribution >= 4 is 6.08 Å². The standard InChI is InChI=1S/C11H13N/c1-2-9-6-7-12-11(8-9)10-4-3-5-10/h2,6-8,10H,1,3-5H2. The zero-order valence-corrected chi connectivity index (χ0v) is 7.16. The minimum absolute atomic E-state index is 0.727. The lowest BCUT2D eigenvalue weighted by Crippen LogP contribution is -2.10. The molecule has 1 nitrogen and oxygen atoms in total. The molecule has 0 saturated heterocycles. The van der Waals surface area contributed by atoms with Gasteiger partial charge in [-0.2, -0.15) is 0 Å². The highest BCUT2D eigenvalue weighted by molar-refractivity contribution is 5.46. The van der Waals surface area contributed by atoms with Crippen molar-refractivity contribution in [1.82, 2.24) is 4.98 Å². The quantitative estimate of drug-likeness (QED) is 0.646. The predicted octanol–water partition coefficient (Wildman–Crippen LogP) is 2.99. The summed E-state index contributed by atoms with van der Waals surface area (Å²) in [7, 11) is 0. The first-order chi connectivity index (χ1) is 5.90. The van der Waals surface area contributed by atoms with Gasteiger partial charge in [0, 0.05) is 17.8 Å². The molecule has 1 fully saturated rings. The Hall–Kier alpha value is -1.11. The highest BCUT2D eigenvalue weighted by Gasteiger charge is 2.20. The molecule has 62 valence electrons. The molecule has 0 N–H and O–H groups in total. The summed E-state index contributed by atoms with van der Waals surface area (Å²) in [6.07, 6.45) is 7.75. The third-order valence-corrected chi connectivity index (χ3v) is 2.56. The van der Waals surface area contributed by atoms with E-state index in [9.17, 15) is 0 Å². The molecule has 1 aliphatic rings. The van der Waals surface area contributed by atoms with E-state index in [0.717, 1.165) is 5.92 Å². The summed E-state index contributed by atoms with van der Waals surface area (Å²) < 4.78 is 0. The van der Waals surface area contributed by atoms with Crippen molar-refractivity contribution in [3.8, 4) is 0 Å². The maximum Gasteiger partial charge on any atom is 0.0440 e. The highest BCUT2D eigenvalue weighted by atomic mass is 14.7. The fourth-order valence-electron chi connectivity index (χ4n) is 1.52. The molecular weight excluding hydrogens is 146 g/mol. The maximum atomic E-state index is 4.36. The van der Waals surface area contributed by atoms with Crippen molar-refractivity contribution in [1.29, 1.82) is 0 Å². The lowest BCUT2D eigenvalue weighted by atomic mass is 9.82. The van der Waals surface area contributed by atoms with Crippen molar-refractivity contribution < 1.29 is 0 Å². The topological polar surface area (TPSA) is 12.9 Å². The Bertz CT molecular complexity index is 287. The van der Waals surface area contributed by atoms with Crippen LogP contribution in [0.25, 0.3) is 6.08 Å². The Morgan fingerprint density at radius 2 is 2.33 bits per heavy atom. The minimum Gasteiger partial charge on any atom is -0.261 e. The molecule has 12 heavy (non-hydrogen) atoms. The second kappa shape index (κ2) is 3.10. The molecule has 2 rings (SSSR count). The van der Waals surface area contributed by atoms with Crippen LogP contribution in [0.3, 0.4) is 0 Å². The van der Waals surface area contributed by atoms with Gasteiger partial charge < -0.3 is 0 Å². The van der Waals surface area contributed by atoms with Gasteiger partial charge in [0.05, 0.1) is 0 Å². The molecular formula is C11H13N. The van der Waals surface area contributed by atoms with Crippen LogP contribution in [-0.2, 0) is 0 Å². The van der Waals surface area contributed by atoms with Crippen LogP contribution in [0.1, 0.15) is 36.4 Å². The van der Waals surface area contributed by atoms with Gasteiger partial charge >= 0.3 is 0 Å². The van der Waals surface area contributed by atoms with E-state index in [1.165, 1.54) is 30.5 Å². The van der Waals surface area contributed by atoms with Crippen LogP contribution in [0.2, 0.25) is 0 Å². The van der Waals surface area contributed by atoms with Gasteiger partial charge in [-0.05, 0) is 30.5 Å². The monoisotopic (exact) mass is 159 g/mol. The normalized spacial score (nSPS) is 17.0. The van der Waals surface area contributed by atoms with Crippen LogP contribution in [-0.4, -0.2) is 4.98 Å². The lowest BCUT2D eigenvalue weighted by molar-refractivity contribution is 0.411. The van der Waals surface area contributed by atoms with Crippen LogP contribution in [0.4, 0.5) is 0 Å². The van der Waals surface area contributed by atoms with Gasteiger partial charge in [0.1, 0.15) is 0 Å². The molecule has 0 atom stereocenters. The average Bonchev–Trinajstić information content (AvgIpc) is 2.02. The summed E-state index contributed by atoms with van der Waals surface area (Å²) in [4.78, 5) is 4.36. The smallest absolute Gasteiger partial charge is 0.0440 e. The Kier molecular flexibility index (Phi) is 1.94. The summed E-state index contributed by atoms with van der Waals surface area (Å²) in [5.74, 6) is 0.727. The van der Waals surface area contributed by atoms with Gasteiger partial charge in [-0.25, -0.2) is 0 Å². The number of nitrogens with zero attached hydrogens (tertiary/aromatic N) is 1. The zero-order valence-electron chi connectivity index (χ0n) is 7.16. The number of rotatable bonds is 2. The van der Waals surface area contributed by atoms with Crippen molar-refractivity contribution in [3.05, 3.63) is 36.2 Å². The molecule has 1 heteroatoms. The van der Waals surface area contributed by atoms with Crippen molar-refractivity contribution in [2.24, 2.45) is 0 Å². The first kappa shape index (κ1) is 7.53. The third kappa shape index (κ3) is 1.27. The number of hydrogen-bond acceptors (Lipinski definition) is 1. The van der Waals surface area contributed by atoms with Gasteiger partial charge in [0.15, 0.2) is 0 Å². The maximum absolute atomic E-state index is 4.36. The van der Waals surface area contributed by atoms with Gasteiger partial charge in [-0.3, -0.25) is 4.98 Å². The van der Waals surface area contributed by atoms with Crippen LogP contribution in [0.15, 0.2) is 24.9 Å². The van der Waals surface area contributed by atoms with Crippen molar-refractivity contribution in [2.45, 2.75) is 25.2 Å². The van der Waals surface area contributed by atoms with Gasteiger partial charge in [0.25, 0.3) is 0 Å². The van der Waals surface area contributed by atoms with E-state index in [2.05, 4.69) is 17.6 Å². The van der Waals surface area contributed by atoms with Gasteiger partial charge in [0.2, 0.25) is 0 Å². The summed E-state index contributed by atoms with van der Waals surface area (Å²) in [5.41, 5.74) is 2.44. The summed E-state index contributed by atoms with van der Waals surface area (Å²) in [5, 5.41) is 0. The SMILES string of the molecule is C=Cc1ccnc(C2CCC2)c1. The fourth-order valence-corrected chi connectivity index (χ4v) is 1.52. The zero-order chi connectivity index (χ0) is 8.39. The second-order valence-electron chi connectivity index (χ2n) is 3.35. The largest absolute Gasteiger partial charge is 0.261 e. The molecule has 0 spiro atoms. The second-order valence-corrected chi connectivity index (χ2v) is 3.35. The van der Waals surface area contributed by atoms with E-state index in [4.69, 9.17) is 0 Å². The predicted molar refractivity (Wildman–Crippen MR) is 50.9 cm³/mol. The van der Waals surface area contributed by atoms with E-state index < -0.39 is 0 Å². The fraction of sp³-hybridized carbons (Fsp3) is 0.364. The number of pyridine rings is 1. The molecule has 1 aliphatic carbocycles. The van der Waals surface area contributed by atoms with Gasteiger partial charge in [-0.1, -0.05) is 19.1 Å². The molecule has 0 radical (unpaired) electrons. The summed E-state index contributed by atoms with van der Waals surface area (Å²) >= 11 is 0. The van der Waals surface area contributed by atoms with E-state index in [-0.39, 0.29) is 0 Å². The summed E-state index contributed by atoms with van der Waals surface area (Å²) in [6, 6.07) is 4.14. The van der Waals surface area contributed by atoms with Crippen LogP contribution in [0, 0.1) is 0 Å². The van der Waals surface area contributed by atoms with E-state index in [1.54, 1.807) is 0 Å². The lowest BCUT2D eigenvalue weighted by Gasteiger charge is -2.24. The molecule has 1 aromatic heterocycles. The van der Waals surface area contributed by atoms with E-state index in [0.29, 0.717) is 0 Å². The summed E-state index contributed by atoms with van der Waals surface area (Å²) in [6.45, 7) is 3.75. The van der Waals surface area contributed by atoms with Crippen molar-refractivity contribution in [3.63, 3.8) is 0 Å². The van der Waals surface area contributed by atoms with E-state index in [1.807, 2.05) is 18.3 Å². The molecule has 0 aliphatic heterocycles. The number of aromatic nitrogens is 1. The molecule has 1 heterocycles. The highest BCUT2D eigenvalue weighted by Crippen LogP contribution is 2.35. The Balaban J connectivity index is 2.25. The molecule has 0 amide bonds. The van der Waals surface area contributed by atoms with Gasteiger partial charge in [-0.15, -0.1) is 0 Å². The Morgan fingerprint density at radius 3 is 2.92 bits per heavy atom. The molecule has 1 aromatic rings. The van der Waals surface area contributed by atoms with Crippen LogP contribution in [0.5, 0.6) is 0 Å². The molecule has 0 unspecified atom stereocenters.